The van der Waals surface area contributed by atoms with Crippen LogP contribution in [0.3, 0.4) is 0 Å². The van der Waals surface area contributed by atoms with Crippen LogP contribution >= 0.6 is 0 Å². The molecule has 156 valence electrons. The zero-order valence-electron chi connectivity index (χ0n) is 17.0. The van der Waals surface area contributed by atoms with Gasteiger partial charge < -0.3 is 19.4 Å². The number of rotatable bonds is 4. The lowest BCUT2D eigenvalue weighted by atomic mass is 10.0. The highest BCUT2D eigenvalue weighted by Crippen LogP contribution is 2.24. The predicted molar refractivity (Wildman–Crippen MR) is 113 cm³/mol. The molecule has 7 heteroatoms. The van der Waals surface area contributed by atoms with Gasteiger partial charge in [-0.25, -0.2) is 9.59 Å². The molecule has 0 bridgehead atoms. The summed E-state index contributed by atoms with van der Waals surface area (Å²) >= 11 is 0. The maximum atomic E-state index is 12.6. The fourth-order valence-corrected chi connectivity index (χ4v) is 4.16. The Kier molecular flexibility index (Phi) is 6.16. The minimum absolute atomic E-state index is 0.0924. The lowest BCUT2D eigenvalue weighted by Gasteiger charge is -2.27. The molecule has 1 aromatic carbocycles. The van der Waals surface area contributed by atoms with E-state index in [4.69, 9.17) is 9.15 Å². The third kappa shape index (κ3) is 4.62. The van der Waals surface area contributed by atoms with Crippen molar-refractivity contribution >= 4 is 22.7 Å². The van der Waals surface area contributed by atoms with Gasteiger partial charge in [-0.1, -0.05) is 0 Å². The largest absolute Gasteiger partial charge is 0.422 e. The monoisotopic (exact) mass is 399 g/mol. The van der Waals surface area contributed by atoms with Crippen molar-refractivity contribution in [3.8, 4) is 0 Å². The van der Waals surface area contributed by atoms with E-state index in [1.54, 1.807) is 6.07 Å². The number of likely N-dealkylation sites (tertiary alicyclic amines) is 1. The first-order valence-electron chi connectivity index (χ1n) is 10.5. The molecule has 7 nitrogen and oxygen atoms in total. The van der Waals surface area contributed by atoms with Gasteiger partial charge in [0.05, 0.1) is 13.2 Å². The van der Waals surface area contributed by atoms with Crippen molar-refractivity contribution in [2.45, 2.75) is 32.6 Å². The highest BCUT2D eigenvalue weighted by Gasteiger charge is 2.18. The molecule has 0 unspecified atom stereocenters. The number of hydrogen-bond donors (Lipinski definition) is 1. The number of nitrogens with zero attached hydrogens (tertiary/aromatic N) is 2. The first kappa shape index (κ1) is 19.9. The van der Waals surface area contributed by atoms with E-state index in [-0.39, 0.29) is 11.7 Å². The SMILES string of the molecule is Cc1c(CCN2CCOCC2)c(=O)oc2cc(NC(=O)N3CCCCC3)ccc12. The van der Waals surface area contributed by atoms with Crippen LogP contribution in [0.2, 0.25) is 0 Å². The Balaban J connectivity index is 1.50. The Labute approximate surface area is 170 Å². The third-order valence-electron chi connectivity index (χ3n) is 5.96. The van der Waals surface area contributed by atoms with Crippen LogP contribution in [-0.2, 0) is 11.2 Å². The number of amides is 2. The zero-order valence-corrected chi connectivity index (χ0v) is 17.0. The van der Waals surface area contributed by atoms with Crippen LogP contribution in [0.15, 0.2) is 27.4 Å². The number of urea groups is 1. The number of morpholine rings is 1. The molecule has 1 N–H and O–H groups in total. The van der Waals surface area contributed by atoms with Crippen LogP contribution in [0.5, 0.6) is 0 Å². The molecule has 0 spiro atoms. The standard InChI is InChI=1S/C22H29N3O4/c1-16-18-6-5-17(23-22(27)25-8-3-2-4-9-25)15-20(18)29-21(26)19(16)7-10-24-11-13-28-14-12-24/h5-6,15H,2-4,7-14H2,1H3,(H,23,27). The van der Waals surface area contributed by atoms with E-state index in [1.165, 1.54) is 6.42 Å². The molecule has 0 atom stereocenters. The Morgan fingerprint density at radius 1 is 1.10 bits per heavy atom. The molecule has 2 aliphatic heterocycles. The van der Waals surface area contributed by atoms with Gasteiger partial charge in [-0.2, -0.15) is 0 Å². The number of nitrogens with one attached hydrogen (secondary N) is 1. The van der Waals surface area contributed by atoms with Crippen LogP contribution in [0.4, 0.5) is 10.5 Å². The summed E-state index contributed by atoms with van der Waals surface area (Å²) in [7, 11) is 0. The fourth-order valence-electron chi connectivity index (χ4n) is 4.16. The molecule has 2 saturated heterocycles. The number of ether oxygens (including phenoxy) is 1. The zero-order chi connectivity index (χ0) is 20.2. The minimum Gasteiger partial charge on any atom is -0.422 e. The summed E-state index contributed by atoms with van der Waals surface area (Å²) in [6.07, 6.45) is 3.94. The van der Waals surface area contributed by atoms with Crippen molar-refractivity contribution in [2.75, 3.05) is 51.3 Å². The molecule has 0 aliphatic carbocycles. The second-order valence-corrected chi connectivity index (χ2v) is 7.89. The number of carbonyl (C=O) groups excluding carboxylic acids is 1. The lowest BCUT2D eigenvalue weighted by Crippen LogP contribution is -2.38. The Hall–Kier alpha value is -2.38. The first-order chi connectivity index (χ1) is 14.1. The van der Waals surface area contributed by atoms with E-state index in [9.17, 15) is 9.59 Å². The summed E-state index contributed by atoms with van der Waals surface area (Å²) in [5.41, 5.74) is 2.56. The van der Waals surface area contributed by atoms with Gasteiger partial charge in [0.25, 0.3) is 0 Å². The van der Waals surface area contributed by atoms with Crippen molar-refractivity contribution in [2.24, 2.45) is 0 Å². The van der Waals surface area contributed by atoms with Crippen LogP contribution in [0.25, 0.3) is 11.0 Å². The minimum atomic E-state index is -0.289. The van der Waals surface area contributed by atoms with E-state index in [0.717, 1.165) is 75.3 Å². The lowest BCUT2D eigenvalue weighted by molar-refractivity contribution is 0.0383. The second-order valence-electron chi connectivity index (χ2n) is 7.89. The second kappa shape index (κ2) is 8.97. The van der Waals surface area contributed by atoms with Gasteiger partial charge in [0, 0.05) is 55.4 Å². The number of benzene rings is 1. The van der Waals surface area contributed by atoms with Gasteiger partial charge >= 0.3 is 11.7 Å². The summed E-state index contributed by atoms with van der Waals surface area (Å²) in [6, 6.07) is 5.46. The van der Waals surface area contributed by atoms with Crippen LogP contribution < -0.4 is 10.9 Å². The molecule has 2 aliphatic rings. The van der Waals surface area contributed by atoms with Gasteiger partial charge in [0.2, 0.25) is 0 Å². The maximum Gasteiger partial charge on any atom is 0.339 e. The topological polar surface area (TPSA) is 75.0 Å². The molecule has 0 saturated carbocycles. The summed E-state index contributed by atoms with van der Waals surface area (Å²) in [5, 5.41) is 3.85. The van der Waals surface area contributed by atoms with E-state index in [2.05, 4.69) is 10.2 Å². The molecule has 4 rings (SSSR count). The van der Waals surface area contributed by atoms with E-state index in [1.807, 2.05) is 24.0 Å². The summed E-state index contributed by atoms with van der Waals surface area (Å²) in [5.74, 6) is 0. The normalized spacial score (nSPS) is 18.2. The molecule has 2 aromatic rings. The highest BCUT2D eigenvalue weighted by atomic mass is 16.5. The number of anilines is 1. The predicted octanol–water partition coefficient (Wildman–Crippen LogP) is 2.99. The molecule has 2 fully saturated rings. The van der Waals surface area contributed by atoms with Gasteiger partial charge in [-0.3, -0.25) is 4.90 Å². The smallest absolute Gasteiger partial charge is 0.339 e. The van der Waals surface area contributed by atoms with Gasteiger partial charge in [-0.15, -0.1) is 0 Å². The average molecular weight is 399 g/mol. The molecule has 2 amide bonds. The van der Waals surface area contributed by atoms with Crippen molar-refractivity contribution in [1.29, 1.82) is 0 Å². The summed E-state index contributed by atoms with van der Waals surface area (Å²) in [4.78, 5) is 29.2. The number of fused-ring (bicyclic) bond motifs is 1. The number of aryl methyl sites for hydroxylation is 1. The molecule has 1 aromatic heterocycles. The molecular formula is C22H29N3O4. The van der Waals surface area contributed by atoms with Gasteiger partial charge in [0.15, 0.2) is 0 Å². The summed E-state index contributed by atoms with van der Waals surface area (Å²) < 4.78 is 11.0. The molecule has 0 radical (unpaired) electrons. The number of hydrogen-bond acceptors (Lipinski definition) is 5. The van der Waals surface area contributed by atoms with Crippen molar-refractivity contribution < 1.29 is 13.9 Å². The van der Waals surface area contributed by atoms with Crippen LogP contribution in [-0.4, -0.2) is 61.8 Å². The Morgan fingerprint density at radius 2 is 1.86 bits per heavy atom. The van der Waals surface area contributed by atoms with Crippen LogP contribution in [0.1, 0.15) is 30.4 Å². The molecular weight excluding hydrogens is 370 g/mol. The first-order valence-corrected chi connectivity index (χ1v) is 10.5. The Bertz CT molecular complexity index is 928. The average Bonchev–Trinajstić information content (AvgIpc) is 2.75. The third-order valence-corrected chi connectivity index (χ3v) is 5.96. The maximum absolute atomic E-state index is 12.6. The quantitative estimate of drug-likeness (QED) is 0.800. The molecule has 29 heavy (non-hydrogen) atoms. The molecule has 3 heterocycles. The van der Waals surface area contributed by atoms with E-state index >= 15 is 0 Å². The highest BCUT2D eigenvalue weighted by molar-refractivity contribution is 5.92. The number of piperidine rings is 1. The van der Waals surface area contributed by atoms with Crippen molar-refractivity contribution in [3.05, 3.63) is 39.7 Å². The van der Waals surface area contributed by atoms with Crippen molar-refractivity contribution in [3.63, 3.8) is 0 Å². The van der Waals surface area contributed by atoms with E-state index < -0.39 is 0 Å². The summed E-state index contributed by atoms with van der Waals surface area (Å²) in [6.45, 7) is 7.68. The number of carbonyl (C=O) groups is 1. The van der Waals surface area contributed by atoms with Crippen LogP contribution in [0, 0.1) is 6.92 Å². The van der Waals surface area contributed by atoms with Gasteiger partial charge in [-0.05, 0) is 50.3 Å². The van der Waals surface area contributed by atoms with Gasteiger partial charge in [0.1, 0.15) is 5.58 Å². The van der Waals surface area contributed by atoms with Crippen molar-refractivity contribution in [1.82, 2.24) is 9.80 Å². The van der Waals surface area contributed by atoms with E-state index in [0.29, 0.717) is 17.7 Å². The fraction of sp³-hybridized carbons (Fsp3) is 0.545. The Morgan fingerprint density at radius 3 is 2.62 bits per heavy atom.